The fraction of sp³-hybridized carbons (Fsp3) is 0.515. The Kier molecular flexibility index (Phi) is 23.2. The Labute approximate surface area is 311 Å². The molecule has 10 heteroatoms. The molecule has 2 aromatic rings. The van der Waals surface area contributed by atoms with Crippen LogP contribution >= 0.6 is 23.2 Å². The zero-order chi connectivity index (χ0) is 31.5. The van der Waals surface area contributed by atoms with E-state index in [1.54, 1.807) is 12.1 Å². The van der Waals surface area contributed by atoms with Gasteiger partial charge in [0.1, 0.15) is 5.82 Å². The largest absolute Gasteiger partial charge is 1.00 e. The van der Waals surface area contributed by atoms with E-state index in [1.165, 1.54) is 44.9 Å². The van der Waals surface area contributed by atoms with Gasteiger partial charge in [0.2, 0.25) is 5.91 Å². The molecule has 1 amide bonds. The normalized spacial score (nSPS) is 16.2. The number of anilines is 1. The second-order valence-electron chi connectivity index (χ2n) is 10.2. The van der Waals surface area contributed by atoms with Gasteiger partial charge in [0.15, 0.2) is 0 Å². The number of hydrogen-bond donors (Lipinski definition) is 3. The molecule has 43 heavy (non-hydrogen) atoms. The molecule has 0 aliphatic heterocycles. The summed E-state index contributed by atoms with van der Waals surface area (Å²) >= 11 is 11.4. The summed E-state index contributed by atoms with van der Waals surface area (Å²) in [6, 6.07) is 11.4. The molecule has 4 rings (SSSR count). The molecule has 2 aliphatic carbocycles. The maximum Gasteiger partial charge on any atom is 1.00 e. The number of carbonyl (C=O) groups excluding carboxylic acids is 2. The summed E-state index contributed by atoms with van der Waals surface area (Å²) in [5.74, 6) is -0.536. The maximum atomic E-state index is 12.2. The van der Waals surface area contributed by atoms with Gasteiger partial charge in [0.25, 0.3) is 0 Å². The first-order chi connectivity index (χ1) is 20.2. The molecule has 4 N–H and O–H groups in total. The Morgan fingerprint density at radius 3 is 2.09 bits per heavy atom. The van der Waals surface area contributed by atoms with Gasteiger partial charge >= 0.3 is 57.4 Å². The van der Waals surface area contributed by atoms with Crippen LogP contribution in [-0.4, -0.2) is 25.0 Å². The molecular formula is C33H48Cl2FKN3O3-. The number of carbonyl (C=O) groups is 2. The predicted molar refractivity (Wildman–Crippen MR) is 173 cm³/mol. The minimum atomic E-state index is -0.438. The van der Waals surface area contributed by atoms with Crippen molar-refractivity contribution in [1.82, 2.24) is 5.32 Å². The fourth-order valence-electron chi connectivity index (χ4n) is 5.29. The van der Waals surface area contributed by atoms with Crippen molar-refractivity contribution in [3.8, 4) is 0 Å². The van der Waals surface area contributed by atoms with Crippen LogP contribution in [0.15, 0.2) is 42.5 Å². The van der Waals surface area contributed by atoms with Crippen molar-refractivity contribution in [3.05, 3.63) is 77.9 Å². The topological polar surface area (TPSA) is 93.4 Å². The summed E-state index contributed by atoms with van der Waals surface area (Å²) in [5.41, 5.74) is 7.19. The molecule has 0 heterocycles. The minimum absolute atomic E-state index is 0. The molecule has 236 valence electrons. The van der Waals surface area contributed by atoms with E-state index in [1.807, 2.05) is 32.0 Å². The van der Waals surface area contributed by atoms with E-state index >= 15 is 0 Å². The monoisotopic (exact) mass is 662 g/mol. The number of benzene rings is 2. The Morgan fingerprint density at radius 1 is 1.05 bits per heavy atom. The molecule has 0 bridgehead atoms. The van der Waals surface area contributed by atoms with Crippen LogP contribution in [0.4, 0.5) is 10.1 Å². The molecule has 1 atom stereocenters. The molecule has 2 saturated carbocycles. The van der Waals surface area contributed by atoms with Gasteiger partial charge in [-0.05, 0) is 55.5 Å². The minimum Gasteiger partial charge on any atom is -0.538 e. The van der Waals surface area contributed by atoms with E-state index in [9.17, 15) is 14.0 Å². The average Bonchev–Trinajstić information content (AvgIpc) is 3.03. The summed E-state index contributed by atoms with van der Waals surface area (Å²) < 4.78 is 16.8. The summed E-state index contributed by atoms with van der Waals surface area (Å²) in [5, 5.41) is 7.28. The number of ether oxygens (including phenoxy) is 1. The van der Waals surface area contributed by atoms with Crippen LogP contribution < -0.4 is 67.8 Å². The van der Waals surface area contributed by atoms with Crippen LogP contribution in [-0.2, 0) is 19.9 Å². The van der Waals surface area contributed by atoms with Crippen molar-refractivity contribution in [2.45, 2.75) is 96.1 Å². The second-order valence-corrected chi connectivity index (χ2v) is 11.0. The number of methoxy groups -OCH3 is 1. The van der Waals surface area contributed by atoms with Gasteiger partial charge in [0.05, 0.1) is 24.1 Å². The van der Waals surface area contributed by atoms with Gasteiger partial charge in [-0.2, -0.15) is 6.42 Å². The van der Waals surface area contributed by atoms with E-state index in [-0.39, 0.29) is 85.6 Å². The third-order valence-corrected chi connectivity index (χ3v) is 7.98. The first-order valence-corrected chi connectivity index (χ1v) is 15.6. The quantitative estimate of drug-likeness (QED) is 0.203. The van der Waals surface area contributed by atoms with E-state index in [4.69, 9.17) is 28.9 Å². The first kappa shape index (κ1) is 42.3. The number of hydrogen-bond acceptors (Lipinski definition) is 5. The Balaban J connectivity index is 0.000000694. The Morgan fingerprint density at radius 2 is 1.63 bits per heavy atom. The zero-order valence-corrected chi connectivity index (χ0v) is 31.0. The van der Waals surface area contributed by atoms with Crippen LogP contribution in [0.2, 0.25) is 10.0 Å². The molecule has 2 aliphatic rings. The van der Waals surface area contributed by atoms with Gasteiger partial charge in [-0.3, -0.25) is 22.0 Å². The van der Waals surface area contributed by atoms with Crippen LogP contribution in [0.3, 0.4) is 0 Å². The summed E-state index contributed by atoms with van der Waals surface area (Å²) in [4.78, 5) is 22.6. The van der Waals surface area contributed by atoms with Crippen molar-refractivity contribution in [3.63, 3.8) is 0 Å². The number of nitrogens with one attached hydrogen (secondary N) is 2. The number of primary amides is 1. The summed E-state index contributed by atoms with van der Waals surface area (Å²) in [6.45, 7) is 7.84. The molecule has 2 fully saturated rings. The van der Waals surface area contributed by atoms with Crippen molar-refractivity contribution in [1.29, 1.82) is 0 Å². The van der Waals surface area contributed by atoms with E-state index in [2.05, 4.69) is 29.3 Å². The molecule has 0 unspecified atom stereocenters. The van der Waals surface area contributed by atoms with Crippen molar-refractivity contribution in [2.75, 3.05) is 12.4 Å². The molecule has 0 aromatic heterocycles. The van der Waals surface area contributed by atoms with Crippen molar-refractivity contribution < 1.29 is 70.1 Å². The van der Waals surface area contributed by atoms with Gasteiger partial charge in [-0.1, -0.05) is 93.8 Å². The molecule has 0 saturated heterocycles. The molecule has 6 nitrogen and oxygen atoms in total. The summed E-state index contributed by atoms with van der Waals surface area (Å²) in [6.07, 6.45) is 11.5. The van der Waals surface area contributed by atoms with Crippen molar-refractivity contribution >= 4 is 40.8 Å². The van der Waals surface area contributed by atoms with Crippen LogP contribution in [0.25, 0.3) is 0 Å². The van der Waals surface area contributed by atoms with Crippen LogP contribution in [0.5, 0.6) is 0 Å². The fourth-order valence-corrected chi connectivity index (χ4v) is 5.60. The van der Waals surface area contributed by atoms with Gasteiger partial charge in [-0.25, -0.2) is 4.39 Å². The summed E-state index contributed by atoms with van der Waals surface area (Å²) in [7, 11) is 5.25. The van der Waals surface area contributed by atoms with E-state index in [0.29, 0.717) is 11.4 Å². The van der Waals surface area contributed by atoms with Gasteiger partial charge < -0.3 is 22.7 Å². The number of amides is 1. The second kappa shape index (κ2) is 23.6. The Bertz CT molecular complexity index is 1060. The molecule has 0 radical (unpaired) electrons. The van der Waals surface area contributed by atoms with Crippen LogP contribution in [0, 0.1) is 25.7 Å². The van der Waals surface area contributed by atoms with Crippen LogP contribution in [0.1, 0.15) is 90.0 Å². The Hall–Kier alpha value is -0.714. The zero-order valence-electron chi connectivity index (χ0n) is 26.3. The SMILES string of the molecule is CC.COC(=O)C1CCCCC1.Fc1ccccc1Cl.[CH2-]C[C@@H](NC1(c2ccc(Cl)cc2N[CH2-])CCCCC1)C(N)=O.[K+]. The maximum absolute atomic E-state index is 12.2. The molecule has 0 spiro atoms. The number of halogens is 3. The van der Waals surface area contributed by atoms with Gasteiger partial charge in [0, 0.05) is 16.2 Å². The van der Waals surface area contributed by atoms with E-state index < -0.39 is 6.04 Å². The number of nitrogens with two attached hydrogens (primary N) is 1. The predicted octanol–water partition coefficient (Wildman–Crippen LogP) is 5.62. The number of esters is 1. The standard InChI is InChI=1S/C17H24ClN3O.C8H14O2.C6H4ClF.C2H6.K/c1-3-14(16(19)22)21-17(9-5-4-6-10-17)13-8-7-12(18)11-15(13)20-2;1-10-8(9)7-5-3-2-4-6-7;7-5-3-1-2-4-6(5)8;1-2;/h7-8,11,14,20-21H,1-6,9-10H2,(H2,19,22);7H,2-6H2,1H3;1-4H;1-2H3;/q-2;;;;+1/t14-;;;;/m1..../s1. The smallest absolute Gasteiger partial charge is 0.538 e. The van der Waals surface area contributed by atoms with Crippen molar-refractivity contribution in [2.24, 2.45) is 11.7 Å². The van der Waals surface area contributed by atoms with E-state index in [0.717, 1.165) is 49.8 Å². The van der Waals surface area contributed by atoms with Gasteiger partial charge in [-0.15, -0.1) is 0 Å². The third kappa shape index (κ3) is 14.5. The first-order valence-electron chi connectivity index (χ1n) is 14.8. The molecule has 2 aromatic carbocycles. The number of rotatable bonds is 7. The average molecular weight is 664 g/mol. The molecular weight excluding hydrogens is 615 g/mol. The third-order valence-electron chi connectivity index (χ3n) is 7.44.